The third kappa shape index (κ3) is 5.40. The van der Waals surface area contributed by atoms with E-state index >= 15 is 0 Å². The zero-order valence-electron chi connectivity index (χ0n) is 21.8. The van der Waals surface area contributed by atoms with Crippen LogP contribution in [-0.4, -0.2) is 41.9 Å². The van der Waals surface area contributed by atoms with Crippen LogP contribution in [0.5, 0.6) is 17.2 Å². The number of phenolic OH excluding ortho intramolecular Hbond substituents is 1. The van der Waals surface area contributed by atoms with Crippen molar-refractivity contribution in [3.8, 4) is 17.2 Å². The minimum Gasteiger partial charge on any atom is -0.507 e. The van der Waals surface area contributed by atoms with E-state index in [1.807, 2.05) is 41.5 Å². The molecule has 0 atom stereocenters. The van der Waals surface area contributed by atoms with Crippen LogP contribution in [0.15, 0.2) is 18.2 Å². The molecule has 0 unspecified atom stereocenters. The number of nitrogens with zero attached hydrogens (tertiary/aromatic N) is 1. The number of ketones is 1. The molecule has 1 heterocycles. The zero-order chi connectivity index (χ0) is 25.6. The Kier molecular flexibility index (Phi) is 8.17. The standard InChI is InChI=1S/C27H35FN2O4.ClH/c1-9-34-20-12-16-13-30(25(29)21(16)24(33-8)22(20)28)14-19(31)15-10-17(26(2,3)4)23(32)18(11-15)27(5,6)7;/h10-12,29,32H,9,13-14H2,1-8H3;1H. The summed E-state index contributed by atoms with van der Waals surface area (Å²) in [4.78, 5) is 15.0. The maximum absolute atomic E-state index is 14.8. The normalized spacial score (nSPS) is 13.4. The molecule has 0 amide bonds. The maximum Gasteiger partial charge on any atom is 0.207 e. The number of carbonyl (C=O) groups is 1. The molecule has 1 aliphatic rings. The van der Waals surface area contributed by atoms with E-state index in [0.717, 1.165) is 0 Å². The van der Waals surface area contributed by atoms with Crippen molar-refractivity contribution in [2.75, 3.05) is 20.3 Å². The molecule has 0 spiro atoms. The first-order valence-corrected chi connectivity index (χ1v) is 11.5. The minimum atomic E-state index is -0.649. The van der Waals surface area contributed by atoms with E-state index in [-0.39, 0.29) is 65.2 Å². The SMILES string of the molecule is CCOc1cc2c(c(OC)c1F)C(=N)N(CC(=O)c1cc(C(C)(C)C)c(O)c(C(C)(C)C)c1)C2.Cl. The number of phenols is 1. The molecule has 8 heteroatoms. The molecule has 0 bridgehead atoms. The Morgan fingerprint density at radius 2 is 1.66 bits per heavy atom. The van der Waals surface area contributed by atoms with Gasteiger partial charge in [-0.1, -0.05) is 41.5 Å². The van der Waals surface area contributed by atoms with Gasteiger partial charge >= 0.3 is 0 Å². The fourth-order valence-electron chi connectivity index (χ4n) is 4.28. The van der Waals surface area contributed by atoms with E-state index in [4.69, 9.17) is 14.9 Å². The zero-order valence-corrected chi connectivity index (χ0v) is 22.6. The van der Waals surface area contributed by atoms with Crippen LogP contribution < -0.4 is 9.47 Å². The lowest BCUT2D eigenvalue weighted by Crippen LogP contribution is -2.31. The number of nitrogens with one attached hydrogen (secondary N) is 1. The predicted octanol–water partition coefficient (Wildman–Crippen LogP) is 5.98. The molecule has 0 saturated heterocycles. The van der Waals surface area contributed by atoms with Crippen molar-refractivity contribution in [2.24, 2.45) is 0 Å². The van der Waals surface area contributed by atoms with Crippen LogP contribution in [0.4, 0.5) is 4.39 Å². The highest BCUT2D eigenvalue weighted by molar-refractivity contribution is 6.07. The highest BCUT2D eigenvalue weighted by Gasteiger charge is 2.34. The van der Waals surface area contributed by atoms with Gasteiger partial charge in [-0.3, -0.25) is 10.2 Å². The largest absolute Gasteiger partial charge is 0.507 e. The average molecular weight is 507 g/mol. The van der Waals surface area contributed by atoms with Crippen molar-refractivity contribution in [3.05, 3.63) is 51.8 Å². The Morgan fingerprint density at radius 3 is 2.11 bits per heavy atom. The summed E-state index contributed by atoms with van der Waals surface area (Å²) in [6, 6.07) is 5.06. The number of hydrogen-bond acceptors (Lipinski definition) is 5. The number of methoxy groups -OCH3 is 1. The van der Waals surface area contributed by atoms with Gasteiger partial charge in [0.25, 0.3) is 0 Å². The number of halogens is 2. The van der Waals surface area contributed by atoms with Crippen molar-refractivity contribution < 1.29 is 23.8 Å². The highest BCUT2D eigenvalue weighted by atomic mass is 35.5. The Balaban J connectivity index is 0.00000432. The third-order valence-electron chi connectivity index (χ3n) is 6.07. The maximum atomic E-state index is 14.8. The van der Waals surface area contributed by atoms with Crippen molar-refractivity contribution in [2.45, 2.75) is 65.8 Å². The van der Waals surface area contributed by atoms with E-state index in [0.29, 0.717) is 34.4 Å². The quantitative estimate of drug-likeness (QED) is 0.471. The van der Waals surface area contributed by atoms with Crippen molar-refractivity contribution in [1.29, 1.82) is 5.41 Å². The third-order valence-corrected chi connectivity index (χ3v) is 6.07. The van der Waals surface area contributed by atoms with Crippen molar-refractivity contribution in [1.82, 2.24) is 4.90 Å². The predicted molar refractivity (Wildman–Crippen MR) is 138 cm³/mol. The van der Waals surface area contributed by atoms with Crippen molar-refractivity contribution in [3.63, 3.8) is 0 Å². The van der Waals surface area contributed by atoms with Gasteiger partial charge in [0.2, 0.25) is 5.82 Å². The first-order valence-electron chi connectivity index (χ1n) is 11.5. The van der Waals surface area contributed by atoms with Gasteiger partial charge in [0.15, 0.2) is 17.3 Å². The molecule has 0 aliphatic carbocycles. The van der Waals surface area contributed by atoms with Gasteiger partial charge < -0.3 is 19.5 Å². The summed E-state index contributed by atoms with van der Waals surface area (Å²) < 4.78 is 25.5. The summed E-state index contributed by atoms with van der Waals surface area (Å²) in [6.07, 6.45) is 0. The molecule has 0 fully saturated rings. The summed E-state index contributed by atoms with van der Waals surface area (Å²) in [5.41, 5.74) is 2.17. The van der Waals surface area contributed by atoms with Gasteiger partial charge in [0, 0.05) is 23.2 Å². The second-order valence-electron chi connectivity index (χ2n) is 10.7. The number of benzene rings is 2. The highest BCUT2D eigenvalue weighted by Crippen LogP contribution is 2.41. The molecule has 0 aromatic heterocycles. The number of Topliss-reactive ketones (excluding diaryl/α,β-unsaturated/α-hetero) is 1. The summed E-state index contributed by atoms with van der Waals surface area (Å²) in [5.74, 6) is -0.561. The molecular weight excluding hydrogens is 471 g/mol. The molecule has 2 N–H and O–H groups in total. The Morgan fingerprint density at radius 1 is 1.11 bits per heavy atom. The van der Waals surface area contributed by atoms with Crippen LogP contribution in [0.25, 0.3) is 0 Å². The number of hydrogen-bond donors (Lipinski definition) is 2. The first-order chi connectivity index (χ1) is 15.7. The second kappa shape index (κ2) is 10.1. The first kappa shape index (κ1) is 28.4. The van der Waals surface area contributed by atoms with Gasteiger partial charge in [-0.15, -0.1) is 12.4 Å². The number of aromatic hydroxyl groups is 1. The summed E-state index contributed by atoms with van der Waals surface area (Å²) in [6.45, 7) is 14.2. The van der Waals surface area contributed by atoms with Crippen LogP contribution in [-0.2, 0) is 17.4 Å². The number of ether oxygens (including phenoxy) is 2. The minimum absolute atomic E-state index is 0. The fourth-order valence-corrected chi connectivity index (χ4v) is 4.28. The Hall–Kier alpha value is -2.80. The van der Waals surface area contributed by atoms with Gasteiger partial charge in [0.05, 0.1) is 25.8 Å². The number of fused-ring (bicyclic) bond motifs is 1. The second-order valence-corrected chi connectivity index (χ2v) is 10.7. The van der Waals surface area contributed by atoms with Crippen LogP contribution in [0.2, 0.25) is 0 Å². The van der Waals surface area contributed by atoms with Crippen LogP contribution >= 0.6 is 12.4 Å². The monoisotopic (exact) mass is 506 g/mol. The number of carbonyl (C=O) groups excluding carboxylic acids is 1. The van der Waals surface area contributed by atoms with E-state index < -0.39 is 5.82 Å². The molecule has 35 heavy (non-hydrogen) atoms. The summed E-state index contributed by atoms with van der Waals surface area (Å²) in [5, 5.41) is 19.6. The molecule has 1 aliphatic heterocycles. The topological polar surface area (TPSA) is 82.9 Å². The summed E-state index contributed by atoms with van der Waals surface area (Å²) in [7, 11) is 1.36. The smallest absolute Gasteiger partial charge is 0.207 e. The van der Waals surface area contributed by atoms with Crippen LogP contribution in [0.1, 0.15) is 81.1 Å². The number of rotatable bonds is 6. The molecule has 3 rings (SSSR count). The van der Waals surface area contributed by atoms with E-state index in [9.17, 15) is 14.3 Å². The van der Waals surface area contributed by atoms with Crippen LogP contribution in [0.3, 0.4) is 0 Å². The van der Waals surface area contributed by atoms with Gasteiger partial charge in [0.1, 0.15) is 11.6 Å². The Bertz CT molecular complexity index is 1110. The molecular formula is C27H36ClFN2O4. The molecule has 6 nitrogen and oxygen atoms in total. The summed E-state index contributed by atoms with van der Waals surface area (Å²) >= 11 is 0. The van der Waals surface area contributed by atoms with E-state index in [1.54, 1.807) is 30.0 Å². The molecule has 192 valence electrons. The lowest BCUT2D eigenvalue weighted by atomic mass is 9.78. The van der Waals surface area contributed by atoms with E-state index in [2.05, 4.69) is 0 Å². The lowest BCUT2D eigenvalue weighted by molar-refractivity contribution is 0.0962. The van der Waals surface area contributed by atoms with E-state index in [1.165, 1.54) is 7.11 Å². The van der Waals surface area contributed by atoms with Gasteiger partial charge in [-0.05, 0) is 41.5 Å². The number of amidine groups is 1. The molecule has 2 aromatic rings. The average Bonchev–Trinajstić information content (AvgIpc) is 3.02. The van der Waals surface area contributed by atoms with Gasteiger partial charge in [-0.25, -0.2) is 0 Å². The lowest BCUT2D eigenvalue weighted by Gasteiger charge is -2.28. The molecule has 0 radical (unpaired) electrons. The Labute approximate surface area is 213 Å². The molecule has 2 aromatic carbocycles. The van der Waals surface area contributed by atoms with Crippen molar-refractivity contribution >= 4 is 24.0 Å². The fraction of sp³-hybridized carbons (Fsp3) is 0.481. The van der Waals surface area contributed by atoms with Gasteiger partial charge in [-0.2, -0.15) is 4.39 Å². The molecule has 0 saturated carbocycles. The van der Waals surface area contributed by atoms with Crippen LogP contribution in [0, 0.1) is 11.2 Å².